The second-order valence-electron chi connectivity index (χ2n) is 8.88. The summed E-state index contributed by atoms with van der Waals surface area (Å²) in [6.07, 6.45) is 3.39. The van der Waals surface area contributed by atoms with Crippen LogP contribution >= 0.6 is 0 Å². The summed E-state index contributed by atoms with van der Waals surface area (Å²) in [7, 11) is 1.75. The number of anilines is 3. The first kappa shape index (κ1) is 21.7. The summed E-state index contributed by atoms with van der Waals surface area (Å²) >= 11 is 0. The summed E-state index contributed by atoms with van der Waals surface area (Å²) in [5.41, 5.74) is 1.56. The molecule has 5 rings (SSSR count). The topological polar surface area (TPSA) is 80.9 Å². The Labute approximate surface area is 188 Å². The van der Waals surface area contributed by atoms with Crippen molar-refractivity contribution in [1.29, 1.82) is 0 Å². The van der Waals surface area contributed by atoms with E-state index in [4.69, 9.17) is 0 Å². The first-order valence-corrected chi connectivity index (χ1v) is 11.3. The molecule has 3 aromatic rings. The second-order valence-corrected chi connectivity index (χ2v) is 8.88. The fourth-order valence-electron chi connectivity index (χ4n) is 4.95. The summed E-state index contributed by atoms with van der Waals surface area (Å²) in [5, 5.41) is 3.16. The molecular formula is C22H26F3N7O. The van der Waals surface area contributed by atoms with Crippen LogP contribution in [0.25, 0.3) is 11.0 Å². The third kappa shape index (κ3) is 4.16. The van der Waals surface area contributed by atoms with E-state index in [0.717, 1.165) is 36.7 Å². The number of nitrogens with one attached hydrogen (secondary N) is 1. The molecule has 2 aliphatic rings. The number of pyridine rings is 1. The van der Waals surface area contributed by atoms with Gasteiger partial charge in [-0.15, -0.1) is 0 Å². The molecule has 3 aromatic heterocycles. The van der Waals surface area contributed by atoms with Gasteiger partial charge >= 0.3 is 11.9 Å². The van der Waals surface area contributed by atoms with Crippen molar-refractivity contribution < 1.29 is 13.2 Å². The number of alkyl halides is 3. The van der Waals surface area contributed by atoms with Crippen LogP contribution in [0.4, 0.5) is 30.8 Å². The van der Waals surface area contributed by atoms with E-state index in [1.54, 1.807) is 35.0 Å². The van der Waals surface area contributed by atoms with E-state index >= 15 is 0 Å². The first-order chi connectivity index (χ1) is 15.8. The highest BCUT2D eigenvalue weighted by Crippen LogP contribution is 2.35. The molecule has 33 heavy (non-hydrogen) atoms. The summed E-state index contributed by atoms with van der Waals surface area (Å²) in [4.78, 5) is 27.8. The molecule has 11 heteroatoms. The largest absolute Gasteiger partial charge is 0.391 e. The van der Waals surface area contributed by atoms with E-state index in [1.165, 1.54) is 0 Å². The zero-order valence-corrected chi connectivity index (χ0v) is 18.3. The Balaban J connectivity index is 1.37. The van der Waals surface area contributed by atoms with Crippen molar-refractivity contribution in [3.63, 3.8) is 0 Å². The molecule has 176 valence electrons. The number of aryl methyl sites for hydroxylation is 1. The van der Waals surface area contributed by atoms with Gasteiger partial charge in [-0.3, -0.25) is 9.13 Å². The van der Waals surface area contributed by atoms with Crippen molar-refractivity contribution in [3.05, 3.63) is 35.0 Å². The Morgan fingerprint density at radius 2 is 1.76 bits per heavy atom. The van der Waals surface area contributed by atoms with Gasteiger partial charge in [-0.2, -0.15) is 18.2 Å². The molecule has 1 aliphatic carbocycles. The number of hydrogen-bond acceptors (Lipinski definition) is 6. The van der Waals surface area contributed by atoms with Crippen LogP contribution in [0.1, 0.15) is 44.6 Å². The average molecular weight is 461 g/mol. The molecule has 0 amide bonds. The first-order valence-electron chi connectivity index (χ1n) is 11.3. The fraction of sp³-hybridized carbons (Fsp3) is 0.545. The Morgan fingerprint density at radius 3 is 2.45 bits per heavy atom. The van der Waals surface area contributed by atoms with E-state index in [9.17, 15) is 18.0 Å². The smallest absolute Gasteiger partial charge is 0.341 e. The van der Waals surface area contributed by atoms with E-state index in [2.05, 4.69) is 20.3 Å². The quantitative estimate of drug-likeness (QED) is 0.628. The summed E-state index contributed by atoms with van der Waals surface area (Å²) < 4.78 is 42.3. The molecule has 1 saturated carbocycles. The van der Waals surface area contributed by atoms with E-state index in [1.807, 2.05) is 10.6 Å². The standard InChI is InChI=1S/C22H26F3N7O/c1-30-17-13-27-19(12-16(17)32(21(30)33)15-4-2-3-5-15)28-18-6-9-26-20(29-18)31-10-7-14(8-11-31)22(23,24)25/h6,9,12-15H,2-5,7-8,10-11H2,1H3,(H,26,27,28,29). The lowest BCUT2D eigenvalue weighted by Gasteiger charge is -2.32. The molecule has 0 unspecified atom stereocenters. The second kappa shape index (κ2) is 8.35. The maximum atomic E-state index is 13.0. The number of rotatable bonds is 4. The van der Waals surface area contributed by atoms with Crippen LogP contribution < -0.4 is 15.9 Å². The Kier molecular flexibility index (Phi) is 5.49. The minimum atomic E-state index is -4.16. The van der Waals surface area contributed by atoms with Crippen LogP contribution in [0.3, 0.4) is 0 Å². The van der Waals surface area contributed by atoms with Gasteiger partial charge in [0, 0.05) is 38.4 Å². The van der Waals surface area contributed by atoms with E-state index < -0.39 is 12.1 Å². The van der Waals surface area contributed by atoms with Gasteiger partial charge in [0.05, 0.1) is 23.1 Å². The molecule has 0 bridgehead atoms. The van der Waals surface area contributed by atoms with Gasteiger partial charge in [0.25, 0.3) is 0 Å². The Morgan fingerprint density at radius 1 is 1.03 bits per heavy atom. The summed E-state index contributed by atoms with van der Waals surface area (Å²) in [5.74, 6) is 0.161. The number of piperidine rings is 1. The lowest BCUT2D eigenvalue weighted by atomic mass is 9.96. The van der Waals surface area contributed by atoms with Crippen LogP contribution in [0.2, 0.25) is 0 Å². The van der Waals surface area contributed by atoms with Crippen LogP contribution in [-0.2, 0) is 7.05 Å². The third-order valence-corrected chi connectivity index (χ3v) is 6.81. The van der Waals surface area contributed by atoms with Gasteiger partial charge in [-0.05, 0) is 31.7 Å². The van der Waals surface area contributed by atoms with Crippen molar-refractivity contribution >= 4 is 28.6 Å². The van der Waals surface area contributed by atoms with Crippen molar-refractivity contribution in [1.82, 2.24) is 24.1 Å². The minimum Gasteiger partial charge on any atom is -0.341 e. The highest BCUT2D eigenvalue weighted by molar-refractivity contribution is 5.79. The molecule has 1 N–H and O–H groups in total. The summed E-state index contributed by atoms with van der Waals surface area (Å²) in [6.45, 7) is 0.519. The van der Waals surface area contributed by atoms with Crippen LogP contribution in [0, 0.1) is 5.92 Å². The third-order valence-electron chi connectivity index (χ3n) is 6.81. The number of hydrogen-bond donors (Lipinski definition) is 1. The predicted molar refractivity (Wildman–Crippen MR) is 119 cm³/mol. The number of imidazole rings is 1. The van der Waals surface area contributed by atoms with E-state index in [-0.39, 0.29) is 37.7 Å². The summed E-state index contributed by atoms with van der Waals surface area (Å²) in [6, 6.07) is 3.74. The van der Waals surface area contributed by atoms with Crippen molar-refractivity contribution in [2.24, 2.45) is 13.0 Å². The molecule has 1 aliphatic heterocycles. The zero-order chi connectivity index (χ0) is 23.2. The maximum absolute atomic E-state index is 13.0. The van der Waals surface area contributed by atoms with Gasteiger partial charge in [0.1, 0.15) is 11.6 Å². The molecule has 8 nitrogen and oxygen atoms in total. The van der Waals surface area contributed by atoms with E-state index in [0.29, 0.717) is 17.6 Å². The molecule has 0 radical (unpaired) electrons. The molecule has 2 fully saturated rings. The minimum absolute atomic E-state index is 0.0371. The predicted octanol–water partition coefficient (Wildman–Crippen LogP) is 4.16. The lowest BCUT2D eigenvalue weighted by Crippen LogP contribution is -2.39. The van der Waals surface area contributed by atoms with Gasteiger partial charge in [0.2, 0.25) is 5.95 Å². The molecule has 0 atom stereocenters. The maximum Gasteiger partial charge on any atom is 0.391 e. The number of fused-ring (bicyclic) bond motifs is 1. The lowest BCUT2D eigenvalue weighted by molar-refractivity contribution is -0.179. The highest BCUT2D eigenvalue weighted by Gasteiger charge is 2.41. The molecular weight excluding hydrogens is 435 g/mol. The van der Waals surface area contributed by atoms with Gasteiger partial charge < -0.3 is 10.2 Å². The fourth-order valence-corrected chi connectivity index (χ4v) is 4.95. The highest BCUT2D eigenvalue weighted by atomic mass is 19.4. The number of nitrogens with zero attached hydrogens (tertiary/aromatic N) is 6. The average Bonchev–Trinajstić information content (AvgIpc) is 3.40. The molecule has 0 spiro atoms. The normalized spacial score (nSPS) is 18.4. The van der Waals surface area contributed by atoms with Gasteiger partial charge in [-0.25, -0.2) is 14.8 Å². The Hall–Kier alpha value is -3.11. The van der Waals surface area contributed by atoms with Crippen molar-refractivity contribution in [3.8, 4) is 0 Å². The van der Waals surface area contributed by atoms with Gasteiger partial charge in [-0.1, -0.05) is 12.8 Å². The molecule has 4 heterocycles. The van der Waals surface area contributed by atoms with Crippen LogP contribution in [0.15, 0.2) is 29.3 Å². The van der Waals surface area contributed by atoms with Crippen molar-refractivity contribution in [2.75, 3.05) is 23.3 Å². The van der Waals surface area contributed by atoms with Crippen molar-refractivity contribution in [2.45, 2.75) is 50.7 Å². The zero-order valence-electron chi connectivity index (χ0n) is 18.3. The molecule has 0 aromatic carbocycles. The SMILES string of the molecule is Cn1c(=O)n(C2CCCC2)c2cc(Nc3ccnc(N4CCC(C(F)(F)F)CC4)n3)ncc21. The Bertz CT molecular complexity index is 1200. The van der Waals surface area contributed by atoms with Gasteiger partial charge in [0.15, 0.2) is 0 Å². The molecule has 1 saturated heterocycles. The van der Waals surface area contributed by atoms with Crippen LogP contribution in [-0.4, -0.2) is 43.4 Å². The monoisotopic (exact) mass is 461 g/mol. The van der Waals surface area contributed by atoms with Crippen LogP contribution in [0.5, 0.6) is 0 Å². The number of aromatic nitrogens is 5. The number of halogens is 3.